The number of hydroxylamine groups is 1. The van der Waals surface area contributed by atoms with E-state index in [1.807, 2.05) is 10.3 Å². The van der Waals surface area contributed by atoms with Gasteiger partial charge in [-0.15, -0.1) is 0 Å². The molecule has 0 aliphatic carbocycles. The summed E-state index contributed by atoms with van der Waals surface area (Å²) in [5.74, 6) is 0. The monoisotopic (exact) mass is 187 g/mol. The Morgan fingerprint density at radius 2 is 2.80 bits per heavy atom. The summed E-state index contributed by atoms with van der Waals surface area (Å²) in [5.41, 5.74) is 2.60. The van der Waals surface area contributed by atoms with Gasteiger partial charge >= 0.3 is 40.3 Å². The van der Waals surface area contributed by atoms with Crippen LogP contribution in [0.1, 0.15) is 0 Å². The van der Waals surface area contributed by atoms with Crippen LogP contribution in [0, 0.1) is 0 Å². The number of nitrogens with one attached hydrogen (secondary N) is 1. The molecule has 5 heavy (non-hydrogen) atoms. The molecule has 0 amide bonds. The minimum absolute atomic E-state index is 0.187. The van der Waals surface area contributed by atoms with Crippen molar-refractivity contribution in [1.82, 2.24) is 5.48 Å². The maximum absolute atomic E-state index is 4.71. The van der Waals surface area contributed by atoms with Gasteiger partial charge in [-0.3, -0.25) is 0 Å². The molecule has 3 heteroatoms. The van der Waals surface area contributed by atoms with Crippen molar-refractivity contribution in [3.8, 4) is 0 Å². The normalized spacial score (nSPS) is 19.2. The fourth-order valence-corrected chi connectivity index (χ4v) is 0.932. The first-order valence-electron chi connectivity index (χ1n) is 1.23. The summed E-state index contributed by atoms with van der Waals surface area (Å²) >= 11 is -0.187. The quantitative estimate of drug-likeness (QED) is 0.518. The van der Waals surface area contributed by atoms with Gasteiger partial charge in [0.2, 0.25) is 0 Å². The van der Waals surface area contributed by atoms with Crippen molar-refractivity contribution in [2.24, 2.45) is 0 Å². The van der Waals surface area contributed by atoms with Gasteiger partial charge in [0.1, 0.15) is 0 Å². The van der Waals surface area contributed by atoms with Gasteiger partial charge in [-0.05, 0) is 0 Å². The summed E-state index contributed by atoms with van der Waals surface area (Å²) in [7, 11) is 0. The molecule has 2 nitrogen and oxygen atoms in total. The van der Waals surface area contributed by atoms with Crippen molar-refractivity contribution < 1.29 is 3.20 Å². The van der Waals surface area contributed by atoms with Crippen LogP contribution in [0.5, 0.6) is 0 Å². The summed E-state index contributed by atoms with van der Waals surface area (Å²) in [4.78, 5) is 0. The molecular weight excluding hydrogens is 182 g/mol. The van der Waals surface area contributed by atoms with Crippen LogP contribution in [0.2, 0.25) is 0 Å². The van der Waals surface area contributed by atoms with Crippen LogP contribution in [0.25, 0.3) is 0 Å². The second-order valence-electron chi connectivity index (χ2n) is 0.600. The van der Waals surface area contributed by atoms with Gasteiger partial charge < -0.3 is 0 Å². The van der Waals surface area contributed by atoms with Gasteiger partial charge in [-0.25, -0.2) is 0 Å². The Kier molecular flexibility index (Phi) is 1.15. The molecule has 1 heterocycles. The Labute approximate surface area is 40.8 Å². The van der Waals surface area contributed by atoms with Crippen molar-refractivity contribution in [2.45, 2.75) is 0 Å². The third kappa shape index (κ3) is 0.804. The SMILES string of the molecule is C1=C[Te]ON1. The van der Waals surface area contributed by atoms with Crippen LogP contribution in [0.4, 0.5) is 0 Å². The molecule has 1 N–H and O–H groups in total. The molecule has 28 valence electrons. The van der Waals surface area contributed by atoms with E-state index >= 15 is 0 Å². The molecule has 0 saturated heterocycles. The molecule has 1 aliphatic heterocycles. The molecule has 0 atom stereocenters. The van der Waals surface area contributed by atoms with Gasteiger partial charge in [0, 0.05) is 0 Å². The van der Waals surface area contributed by atoms with Gasteiger partial charge in [-0.1, -0.05) is 0 Å². The molecule has 0 saturated carbocycles. The molecule has 0 unspecified atom stereocenters. The molecule has 0 radical (unpaired) electrons. The Bertz CT molecular complexity index is 47.6. The first kappa shape index (κ1) is 3.48. The average Bonchev–Trinajstić information content (AvgIpc) is 1.76. The Balaban J connectivity index is 2.32. The Morgan fingerprint density at radius 3 is 3.00 bits per heavy atom. The van der Waals surface area contributed by atoms with E-state index in [1.165, 1.54) is 0 Å². The second-order valence-corrected chi connectivity index (χ2v) is 2.40. The molecule has 0 spiro atoms. The topological polar surface area (TPSA) is 21.3 Å². The summed E-state index contributed by atoms with van der Waals surface area (Å²) in [6.45, 7) is 0. The van der Waals surface area contributed by atoms with Crippen LogP contribution in [0.15, 0.2) is 10.3 Å². The number of hydrogen-bond donors (Lipinski definition) is 1. The van der Waals surface area contributed by atoms with Crippen LogP contribution in [0.3, 0.4) is 0 Å². The minimum atomic E-state index is -0.187. The van der Waals surface area contributed by atoms with Gasteiger partial charge in [0.15, 0.2) is 0 Å². The number of hydrogen-bond acceptors (Lipinski definition) is 2. The van der Waals surface area contributed by atoms with Crippen LogP contribution >= 0.6 is 0 Å². The van der Waals surface area contributed by atoms with Crippen LogP contribution in [-0.2, 0) is 3.20 Å². The fourth-order valence-electron chi connectivity index (χ4n) is 0.139. The summed E-state index contributed by atoms with van der Waals surface area (Å²) in [5, 5.41) is 0. The molecule has 1 rings (SSSR count). The third-order valence-corrected chi connectivity index (χ3v) is 1.54. The van der Waals surface area contributed by atoms with E-state index in [-0.39, 0.29) is 21.3 Å². The van der Waals surface area contributed by atoms with Crippen molar-refractivity contribution in [3.63, 3.8) is 0 Å². The summed E-state index contributed by atoms with van der Waals surface area (Å²) in [6, 6.07) is 0. The van der Waals surface area contributed by atoms with E-state index in [0.29, 0.717) is 0 Å². The molecule has 0 fully saturated rings. The van der Waals surface area contributed by atoms with Crippen molar-refractivity contribution in [2.75, 3.05) is 0 Å². The van der Waals surface area contributed by atoms with Crippen molar-refractivity contribution in [1.29, 1.82) is 0 Å². The molecule has 0 aromatic carbocycles. The second kappa shape index (κ2) is 1.66. The predicted molar refractivity (Wildman–Crippen MR) is 19.1 cm³/mol. The summed E-state index contributed by atoms with van der Waals surface area (Å²) < 4.78 is 6.75. The molecule has 0 aromatic rings. The first-order chi connectivity index (χ1) is 2.50. The molecule has 0 aromatic heterocycles. The fraction of sp³-hybridized carbons (Fsp3) is 0. The molecule has 0 bridgehead atoms. The van der Waals surface area contributed by atoms with E-state index in [0.717, 1.165) is 0 Å². The molecule has 1 aliphatic rings. The van der Waals surface area contributed by atoms with Crippen molar-refractivity contribution >= 4 is 21.3 Å². The number of rotatable bonds is 0. The first-order valence-corrected chi connectivity index (χ1v) is 3.53. The van der Waals surface area contributed by atoms with Crippen molar-refractivity contribution in [3.05, 3.63) is 10.3 Å². The van der Waals surface area contributed by atoms with Gasteiger partial charge in [0.25, 0.3) is 0 Å². The van der Waals surface area contributed by atoms with Crippen LogP contribution in [-0.4, -0.2) is 21.3 Å². The zero-order chi connectivity index (χ0) is 3.54. The molecular formula is C2H3NOTe. The maximum atomic E-state index is 4.71. The zero-order valence-electron chi connectivity index (χ0n) is 2.47. The Hall–Kier alpha value is 0.290. The average molecular weight is 185 g/mol. The van der Waals surface area contributed by atoms with E-state index in [2.05, 4.69) is 5.48 Å². The van der Waals surface area contributed by atoms with E-state index in [4.69, 9.17) is 3.20 Å². The zero-order valence-corrected chi connectivity index (χ0v) is 4.80. The van der Waals surface area contributed by atoms with E-state index in [9.17, 15) is 0 Å². The van der Waals surface area contributed by atoms with E-state index in [1.54, 1.807) is 0 Å². The summed E-state index contributed by atoms with van der Waals surface area (Å²) in [6.07, 6.45) is 1.82. The Morgan fingerprint density at radius 1 is 1.80 bits per heavy atom. The van der Waals surface area contributed by atoms with Gasteiger partial charge in [-0.2, -0.15) is 0 Å². The van der Waals surface area contributed by atoms with Crippen LogP contribution < -0.4 is 5.48 Å². The van der Waals surface area contributed by atoms with E-state index < -0.39 is 0 Å². The van der Waals surface area contributed by atoms with Gasteiger partial charge in [0.05, 0.1) is 0 Å². The third-order valence-electron chi connectivity index (χ3n) is 0.288. The predicted octanol–water partition coefficient (Wildman–Crippen LogP) is -0.388. The standard InChI is InChI=1S/C2H3NOTe/c1-2-5-4-3-1/h1-3H.